The third-order valence-electron chi connectivity index (χ3n) is 3.82. The first-order valence-corrected chi connectivity index (χ1v) is 7.19. The summed E-state index contributed by atoms with van der Waals surface area (Å²) < 4.78 is 1.02. The fourth-order valence-electron chi connectivity index (χ4n) is 2.63. The molecule has 1 saturated carbocycles. The number of carbonyl (C=O) groups is 1. The Morgan fingerprint density at radius 1 is 1.50 bits per heavy atom. The van der Waals surface area contributed by atoms with Crippen LogP contribution in [-0.4, -0.2) is 12.5 Å². The number of nitrogens with one attached hydrogen (secondary N) is 1. The smallest absolute Gasteiger partial charge is 0.227 e. The van der Waals surface area contributed by atoms with Crippen molar-refractivity contribution in [3.8, 4) is 0 Å². The number of hydrogen-bond acceptors (Lipinski definition) is 2. The van der Waals surface area contributed by atoms with Crippen LogP contribution >= 0.6 is 15.9 Å². The summed E-state index contributed by atoms with van der Waals surface area (Å²) in [6.07, 6.45) is 3.14. The van der Waals surface area contributed by atoms with E-state index in [1.165, 1.54) is 0 Å². The molecule has 1 amide bonds. The van der Waals surface area contributed by atoms with Gasteiger partial charge in [-0.1, -0.05) is 28.4 Å². The van der Waals surface area contributed by atoms with Crippen molar-refractivity contribution < 1.29 is 4.79 Å². The van der Waals surface area contributed by atoms with Crippen LogP contribution in [0.25, 0.3) is 0 Å². The van der Waals surface area contributed by atoms with Crippen LogP contribution in [0.15, 0.2) is 22.7 Å². The minimum atomic E-state index is 0.0772. The predicted octanol–water partition coefficient (Wildman–Crippen LogP) is 3.07. The Hall–Kier alpha value is -0.870. The second-order valence-corrected chi connectivity index (χ2v) is 5.79. The molecule has 1 aromatic rings. The van der Waals surface area contributed by atoms with Crippen LogP contribution in [-0.2, 0) is 4.79 Å². The maximum absolute atomic E-state index is 12.3. The lowest BCUT2D eigenvalue weighted by atomic mass is 9.95. The average Bonchev–Trinajstić information content (AvgIpc) is 2.83. The van der Waals surface area contributed by atoms with Crippen LogP contribution in [0.4, 0.5) is 5.69 Å². The van der Waals surface area contributed by atoms with Crippen LogP contribution in [0, 0.1) is 18.8 Å². The molecule has 0 saturated heterocycles. The number of anilines is 1. The molecule has 3 nitrogen and oxygen atoms in total. The minimum absolute atomic E-state index is 0.0772. The van der Waals surface area contributed by atoms with Crippen LogP contribution < -0.4 is 11.1 Å². The number of halogens is 1. The monoisotopic (exact) mass is 310 g/mol. The van der Waals surface area contributed by atoms with Gasteiger partial charge >= 0.3 is 0 Å². The van der Waals surface area contributed by atoms with Crippen molar-refractivity contribution in [1.29, 1.82) is 0 Å². The molecule has 1 aliphatic rings. The standard InChI is InChI=1S/C14H19BrN2O/c1-9-12(15)6-3-7-13(9)17-14(18)11-5-2-4-10(11)8-16/h3,6-7,10-11H,2,4-5,8,16H2,1H3,(H,17,18). The molecule has 0 heterocycles. The molecule has 2 unspecified atom stereocenters. The van der Waals surface area contributed by atoms with Gasteiger partial charge in [-0.05, 0) is 49.9 Å². The second kappa shape index (κ2) is 5.85. The van der Waals surface area contributed by atoms with Crippen molar-refractivity contribution >= 4 is 27.5 Å². The maximum Gasteiger partial charge on any atom is 0.227 e. The molecule has 98 valence electrons. The Labute approximate surface area is 116 Å². The Morgan fingerprint density at radius 3 is 3.00 bits per heavy atom. The van der Waals surface area contributed by atoms with Gasteiger partial charge in [0.1, 0.15) is 0 Å². The molecule has 0 spiro atoms. The van der Waals surface area contributed by atoms with Crippen molar-refractivity contribution in [1.82, 2.24) is 0 Å². The lowest BCUT2D eigenvalue weighted by Gasteiger charge is -2.18. The molecule has 1 fully saturated rings. The largest absolute Gasteiger partial charge is 0.330 e. The van der Waals surface area contributed by atoms with Gasteiger partial charge in [0.2, 0.25) is 5.91 Å². The third-order valence-corrected chi connectivity index (χ3v) is 4.68. The Kier molecular flexibility index (Phi) is 4.40. The highest BCUT2D eigenvalue weighted by molar-refractivity contribution is 9.10. The fourth-order valence-corrected chi connectivity index (χ4v) is 3.00. The van der Waals surface area contributed by atoms with Crippen molar-refractivity contribution in [2.45, 2.75) is 26.2 Å². The summed E-state index contributed by atoms with van der Waals surface area (Å²) in [5.41, 5.74) is 7.67. The summed E-state index contributed by atoms with van der Waals surface area (Å²) in [5.74, 6) is 0.537. The predicted molar refractivity (Wildman–Crippen MR) is 77.4 cm³/mol. The van der Waals surface area contributed by atoms with Crippen molar-refractivity contribution in [3.63, 3.8) is 0 Å². The van der Waals surface area contributed by atoms with Crippen LogP contribution in [0.1, 0.15) is 24.8 Å². The Bertz CT molecular complexity index is 447. The number of amides is 1. The zero-order valence-corrected chi connectivity index (χ0v) is 12.2. The number of nitrogens with two attached hydrogens (primary N) is 1. The van der Waals surface area contributed by atoms with E-state index in [0.29, 0.717) is 12.5 Å². The summed E-state index contributed by atoms with van der Waals surface area (Å²) in [7, 11) is 0. The summed E-state index contributed by atoms with van der Waals surface area (Å²) >= 11 is 3.47. The van der Waals surface area contributed by atoms with E-state index in [4.69, 9.17) is 5.73 Å². The van der Waals surface area contributed by atoms with Gasteiger partial charge in [-0.3, -0.25) is 4.79 Å². The highest BCUT2D eigenvalue weighted by atomic mass is 79.9. The fraction of sp³-hybridized carbons (Fsp3) is 0.500. The molecule has 1 aliphatic carbocycles. The summed E-state index contributed by atoms with van der Waals surface area (Å²) in [5, 5.41) is 3.03. The van der Waals surface area contributed by atoms with Gasteiger partial charge in [0.05, 0.1) is 0 Å². The molecule has 1 aromatic carbocycles. The summed E-state index contributed by atoms with van der Waals surface area (Å²) in [6, 6.07) is 5.84. The molecule has 18 heavy (non-hydrogen) atoms. The Morgan fingerprint density at radius 2 is 2.28 bits per heavy atom. The molecular formula is C14H19BrN2O. The van der Waals surface area contributed by atoms with Gasteiger partial charge in [0.25, 0.3) is 0 Å². The van der Waals surface area contributed by atoms with Gasteiger partial charge < -0.3 is 11.1 Å². The van der Waals surface area contributed by atoms with Crippen LogP contribution in [0.2, 0.25) is 0 Å². The third kappa shape index (κ3) is 2.75. The van der Waals surface area contributed by atoms with Gasteiger partial charge in [0.15, 0.2) is 0 Å². The minimum Gasteiger partial charge on any atom is -0.330 e. The van der Waals surface area contributed by atoms with E-state index in [1.807, 2.05) is 25.1 Å². The van der Waals surface area contributed by atoms with Gasteiger partial charge in [-0.2, -0.15) is 0 Å². The first-order valence-electron chi connectivity index (χ1n) is 6.39. The highest BCUT2D eigenvalue weighted by Gasteiger charge is 2.32. The lowest BCUT2D eigenvalue weighted by molar-refractivity contribution is -0.120. The van der Waals surface area contributed by atoms with E-state index in [9.17, 15) is 4.79 Å². The zero-order valence-electron chi connectivity index (χ0n) is 10.6. The normalized spacial score (nSPS) is 23.1. The number of hydrogen-bond donors (Lipinski definition) is 2. The summed E-state index contributed by atoms with van der Waals surface area (Å²) in [4.78, 5) is 12.3. The van der Waals surface area contributed by atoms with Crippen molar-refractivity contribution in [2.75, 3.05) is 11.9 Å². The van der Waals surface area contributed by atoms with E-state index < -0.39 is 0 Å². The molecule has 0 radical (unpaired) electrons. The van der Waals surface area contributed by atoms with Crippen molar-refractivity contribution in [2.24, 2.45) is 17.6 Å². The van der Waals surface area contributed by atoms with Crippen LogP contribution in [0.3, 0.4) is 0 Å². The molecule has 2 atom stereocenters. The molecular weight excluding hydrogens is 292 g/mol. The number of carbonyl (C=O) groups excluding carboxylic acids is 1. The first-order chi connectivity index (χ1) is 8.63. The van der Waals surface area contributed by atoms with E-state index in [1.54, 1.807) is 0 Å². The van der Waals surface area contributed by atoms with Crippen LogP contribution in [0.5, 0.6) is 0 Å². The quantitative estimate of drug-likeness (QED) is 0.901. The second-order valence-electron chi connectivity index (χ2n) is 4.93. The highest BCUT2D eigenvalue weighted by Crippen LogP contribution is 2.32. The SMILES string of the molecule is Cc1c(Br)cccc1NC(=O)C1CCCC1CN. The van der Waals surface area contributed by atoms with E-state index in [-0.39, 0.29) is 11.8 Å². The lowest BCUT2D eigenvalue weighted by Crippen LogP contribution is -2.29. The van der Waals surface area contributed by atoms with E-state index in [2.05, 4.69) is 21.2 Å². The first kappa shape index (κ1) is 13.6. The van der Waals surface area contributed by atoms with Gasteiger partial charge in [-0.15, -0.1) is 0 Å². The number of rotatable bonds is 3. The maximum atomic E-state index is 12.3. The molecule has 4 heteroatoms. The number of benzene rings is 1. The van der Waals surface area contributed by atoms with E-state index in [0.717, 1.165) is 35.0 Å². The molecule has 0 aromatic heterocycles. The molecule has 0 bridgehead atoms. The molecule has 2 rings (SSSR count). The molecule has 3 N–H and O–H groups in total. The van der Waals surface area contributed by atoms with Gasteiger partial charge in [-0.25, -0.2) is 0 Å². The van der Waals surface area contributed by atoms with E-state index >= 15 is 0 Å². The van der Waals surface area contributed by atoms with Gasteiger partial charge in [0, 0.05) is 16.1 Å². The van der Waals surface area contributed by atoms with Crippen molar-refractivity contribution in [3.05, 3.63) is 28.2 Å². The molecule has 0 aliphatic heterocycles. The summed E-state index contributed by atoms with van der Waals surface area (Å²) in [6.45, 7) is 2.60. The average molecular weight is 311 g/mol. The zero-order chi connectivity index (χ0) is 13.1. The Balaban J connectivity index is 2.09. The topological polar surface area (TPSA) is 55.1 Å².